The molecule has 2 rings (SSSR count). The third-order valence-electron chi connectivity index (χ3n) is 2.69. The van der Waals surface area contributed by atoms with Crippen molar-refractivity contribution < 1.29 is 14.3 Å². The Labute approximate surface area is 109 Å². The van der Waals surface area contributed by atoms with Crippen LogP contribution in [0.3, 0.4) is 0 Å². The highest BCUT2D eigenvalue weighted by molar-refractivity contribution is 5.87. The molecule has 0 unspecified atom stereocenters. The molecule has 0 radical (unpaired) electrons. The Morgan fingerprint density at radius 1 is 1.42 bits per heavy atom. The van der Waals surface area contributed by atoms with E-state index in [0.29, 0.717) is 12.1 Å². The van der Waals surface area contributed by atoms with Gasteiger partial charge < -0.3 is 5.11 Å². The molecule has 5 heteroatoms. The van der Waals surface area contributed by atoms with Crippen molar-refractivity contribution in [2.75, 3.05) is 0 Å². The molecule has 0 saturated heterocycles. The van der Waals surface area contributed by atoms with E-state index >= 15 is 0 Å². The van der Waals surface area contributed by atoms with E-state index in [1.807, 2.05) is 6.92 Å². The fraction of sp³-hybridized carbons (Fsp3) is 0.143. The number of carboxylic acid groups (broad SMARTS) is 1. The maximum atomic E-state index is 13.0. The van der Waals surface area contributed by atoms with Crippen molar-refractivity contribution in [3.05, 3.63) is 47.9 Å². The second kappa shape index (κ2) is 5.48. The number of hydrogen-bond acceptors (Lipinski definition) is 2. The van der Waals surface area contributed by atoms with Gasteiger partial charge in [-0.25, -0.2) is 9.18 Å². The zero-order valence-corrected chi connectivity index (χ0v) is 10.4. The van der Waals surface area contributed by atoms with Crippen molar-refractivity contribution in [1.29, 1.82) is 0 Å². The van der Waals surface area contributed by atoms with E-state index in [1.54, 1.807) is 23.0 Å². The minimum atomic E-state index is -1.02. The largest absolute Gasteiger partial charge is 0.478 e. The van der Waals surface area contributed by atoms with Gasteiger partial charge in [0.05, 0.1) is 11.9 Å². The van der Waals surface area contributed by atoms with Crippen LogP contribution in [-0.2, 0) is 11.3 Å². The van der Waals surface area contributed by atoms with Crippen LogP contribution >= 0.6 is 0 Å². The number of aromatic nitrogens is 2. The molecule has 0 amide bonds. The van der Waals surface area contributed by atoms with Gasteiger partial charge in [-0.3, -0.25) is 4.68 Å². The van der Waals surface area contributed by atoms with Gasteiger partial charge in [-0.15, -0.1) is 0 Å². The summed E-state index contributed by atoms with van der Waals surface area (Å²) in [4.78, 5) is 10.6. The zero-order chi connectivity index (χ0) is 13.8. The van der Waals surface area contributed by atoms with Gasteiger partial charge in [0.2, 0.25) is 0 Å². The molecular weight excluding hydrogens is 247 g/mol. The summed E-state index contributed by atoms with van der Waals surface area (Å²) < 4.78 is 14.7. The van der Waals surface area contributed by atoms with Gasteiger partial charge >= 0.3 is 5.97 Å². The highest BCUT2D eigenvalue weighted by Crippen LogP contribution is 2.25. The average Bonchev–Trinajstić information content (AvgIpc) is 2.80. The van der Waals surface area contributed by atoms with Crippen LogP contribution in [0, 0.1) is 5.82 Å². The molecule has 19 heavy (non-hydrogen) atoms. The second-order valence-corrected chi connectivity index (χ2v) is 3.94. The standard InChI is InChI=1S/C14H13FN2O2/c1-2-17-14(10-3-6-12(15)7-4-10)11(9-16-17)5-8-13(18)19/h3-9H,2H2,1H3,(H,18,19). The predicted molar refractivity (Wildman–Crippen MR) is 70.0 cm³/mol. The van der Waals surface area contributed by atoms with E-state index in [1.165, 1.54) is 18.2 Å². The molecule has 4 nitrogen and oxygen atoms in total. The zero-order valence-electron chi connectivity index (χ0n) is 10.4. The number of benzene rings is 1. The Morgan fingerprint density at radius 3 is 2.68 bits per heavy atom. The fourth-order valence-electron chi connectivity index (χ4n) is 1.85. The van der Waals surface area contributed by atoms with Crippen molar-refractivity contribution in [1.82, 2.24) is 9.78 Å². The molecule has 2 aromatic rings. The molecule has 1 N–H and O–H groups in total. The molecule has 0 aliphatic rings. The molecule has 0 aliphatic carbocycles. The maximum Gasteiger partial charge on any atom is 0.328 e. The first kappa shape index (κ1) is 13.0. The Bertz CT molecular complexity index is 615. The normalized spacial score (nSPS) is 11.1. The van der Waals surface area contributed by atoms with Crippen LogP contribution in [0.2, 0.25) is 0 Å². The van der Waals surface area contributed by atoms with Crippen molar-refractivity contribution in [3.63, 3.8) is 0 Å². The Kier molecular flexibility index (Phi) is 3.75. The van der Waals surface area contributed by atoms with Crippen molar-refractivity contribution >= 4 is 12.0 Å². The molecule has 0 spiro atoms. The molecule has 1 aromatic heterocycles. The third-order valence-corrected chi connectivity index (χ3v) is 2.69. The molecule has 0 saturated carbocycles. The summed E-state index contributed by atoms with van der Waals surface area (Å²) in [5, 5.41) is 12.9. The highest BCUT2D eigenvalue weighted by atomic mass is 19.1. The Hall–Kier alpha value is -2.43. The Morgan fingerprint density at radius 2 is 2.11 bits per heavy atom. The lowest BCUT2D eigenvalue weighted by Gasteiger charge is -2.06. The van der Waals surface area contributed by atoms with Crippen molar-refractivity contribution in [2.45, 2.75) is 13.5 Å². The third kappa shape index (κ3) is 2.88. The fourth-order valence-corrected chi connectivity index (χ4v) is 1.85. The molecule has 0 fully saturated rings. The first-order chi connectivity index (χ1) is 9.11. The summed E-state index contributed by atoms with van der Waals surface area (Å²) >= 11 is 0. The maximum absolute atomic E-state index is 13.0. The number of aliphatic carboxylic acids is 1. The second-order valence-electron chi connectivity index (χ2n) is 3.94. The van der Waals surface area contributed by atoms with Crippen LogP contribution in [-0.4, -0.2) is 20.9 Å². The van der Waals surface area contributed by atoms with Crippen LogP contribution in [0.15, 0.2) is 36.5 Å². The summed E-state index contributed by atoms with van der Waals surface area (Å²) in [7, 11) is 0. The van der Waals surface area contributed by atoms with Gasteiger partial charge in [0.1, 0.15) is 5.82 Å². The van der Waals surface area contributed by atoms with Gasteiger partial charge in [-0.2, -0.15) is 5.10 Å². The Balaban J connectivity index is 2.50. The molecule has 0 aliphatic heterocycles. The minimum Gasteiger partial charge on any atom is -0.478 e. The van der Waals surface area contributed by atoms with Gasteiger partial charge in [0.15, 0.2) is 0 Å². The quantitative estimate of drug-likeness (QED) is 0.860. The molecule has 1 heterocycles. The van der Waals surface area contributed by atoms with Crippen LogP contribution in [0.5, 0.6) is 0 Å². The van der Waals surface area contributed by atoms with Crippen molar-refractivity contribution in [3.8, 4) is 11.3 Å². The van der Waals surface area contributed by atoms with E-state index in [0.717, 1.165) is 17.3 Å². The molecule has 1 aromatic carbocycles. The minimum absolute atomic E-state index is 0.311. The average molecular weight is 260 g/mol. The topological polar surface area (TPSA) is 55.1 Å². The summed E-state index contributed by atoms with van der Waals surface area (Å²) in [5.41, 5.74) is 2.27. The lowest BCUT2D eigenvalue weighted by molar-refractivity contribution is -0.131. The first-order valence-electron chi connectivity index (χ1n) is 5.84. The van der Waals surface area contributed by atoms with Crippen LogP contribution in [0.25, 0.3) is 17.3 Å². The van der Waals surface area contributed by atoms with E-state index in [9.17, 15) is 9.18 Å². The van der Waals surface area contributed by atoms with Crippen LogP contribution in [0.1, 0.15) is 12.5 Å². The lowest BCUT2D eigenvalue weighted by atomic mass is 10.1. The van der Waals surface area contributed by atoms with Gasteiger partial charge in [-0.1, -0.05) is 0 Å². The summed E-state index contributed by atoms with van der Waals surface area (Å²) in [6, 6.07) is 6.03. The van der Waals surface area contributed by atoms with E-state index in [-0.39, 0.29) is 5.82 Å². The number of hydrogen-bond donors (Lipinski definition) is 1. The summed E-state index contributed by atoms with van der Waals surface area (Å²) in [6.45, 7) is 2.58. The lowest BCUT2D eigenvalue weighted by Crippen LogP contribution is -1.99. The SMILES string of the molecule is CCn1ncc(C=CC(=O)O)c1-c1ccc(F)cc1. The van der Waals surface area contributed by atoms with Crippen molar-refractivity contribution in [2.24, 2.45) is 0 Å². The predicted octanol–water partition coefficient (Wildman–Crippen LogP) is 2.81. The van der Waals surface area contributed by atoms with Crippen LogP contribution in [0.4, 0.5) is 4.39 Å². The van der Waals surface area contributed by atoms with E-state index in [2.05, 4.69) is 5.10 Å². The number of nitrogens with zero attached hydrogens (tertiary/aromatic N) is 2. The number of halogens is 1. The highest BCUT2D eigenvalue weighted by Gasteiger charge is 2.10. The number of carboxylic acids is 1. The molecule has 0 bridgehead atoms. The van der Waals surface area contributed by atoms with Gasteiger partial charge in [-0.05, 0) is 37.3 Å². The molecular formula is C14H13FN2O2. The number of carbonyl (C=O) groups is 1. The monoisotopic (exact) mass is 260 g/mol. The number of rotatable bonds is 4. The van der Waals surface area contributed by atoms with Gasteiger partial charge in [0.25, 0.3) is 0 Å². The van der Waals surface area contributed by atoms with Gasteiger partial charge in [0, 0.05) is 23.7 Å². The molecule has 98 valence electrons. The summed E-state index contributed by atoms with van der Waals surface area (Å²) in [5.74, 6) is -1.33. The molecule has 0 atom stereocenters. The van der Waals surface area contributed by atoms with E-state index < -0.39 is 5.97 Å². The summed E-state index contributed by atoms with van der Waals surface area (Å²) in [6.07, 6.45) is 4.14. The van der Waals surface area contributed by atoms with Crippen LogP contribution < -0.4 is 0 Å². The van der Waals surface area contributed by atoms with E-state index in [4.69, 9.17) is 5.11 Å². The number of aryl methyl sites for hydroxylation is 1. The smallest absolute Gasteiger partial charge is 0.328 e. The first-order valence-corrected chi connectivity index (χ1v) is 5.84.